The molecular formula is C15H16ClN5OS. The van der Waals surface area contributed by atoms with Crippen LogP contribution in [0.15, 0.2) is 30.6 Å². The van der Waals surface area contributed by atoms with Crippen LogP contribution >= 0.6 is 23.8 Å². The SMILES string of the molecule is CCOc1cccnc1C1CC1NC(=S)Nc1nnccc1Cl. The van der Waals surface area contributed by atoms with Gasteiger partial charge in [-0.2, -0.15) is 5.10 Å². The topological polar surface area (TPSA) is 72.0 Å². The number of pyridine rings is 1. The van der Waals surface area contributed by atoms with E-state index in [0.29, 0.717) is 22.6 Å². The molecule has 0 amide bonds. The molecule has 0 bridgehead atoms. The Morgan fingerprint density at radius 3 is 3.09 bits per heavy atom. The summed E-state index contributed by atoms with van der Waals surface area (Å²) in [4.78, 5) is 4.44. The summed E-state index contributed by atoms with van der Waals surface area (Å²) in [5.41, 5.74) is 0.965. The molecular weight excluding hydrogens is 334 g/mol. The molecule has 6 nitrogen and oxygen atoms in total. The molecule has 0 spiro atoms. The number of ether oxygens (including phenoxy) is 1. The fourth-order valence-electron chi connectivity index (χ4n) is 2.33. The van der Waals surface area contributed by atoms with E-state index in [2.05, 4.69) is 25.8 Å². The summed E-state index contributed by atoms with van der Waals surface area (Å²) in [6.45, 7) is 2.58. The lowest BCUT2D eigenvalue weighted by Crippen LogP contribution is -2.31. The van der Waals surface area contributed by atoms with Gasteiger partial charge in [-0.3, -0.25) is 4.98 Å². The summed E-state index contributed by atoms with van der Waals surface area (Å²) in [7, 11) is 0. The van der Waals surface area contributed by atoms with Gasteiger partial charge in [-0.15, -0.1) is 5.10 Å². The van der Waals surface area contributed by atoms with Gasteiger partial charge in [0.1, 0.15) is 5.75 Å². The van der Waals surface area contributed by atoms with Crippen LogP contribution in [0.3, 0.4) is 0 Å². The Labute approximate surface area is 144 Å². The Balaban J connectivity index is 1.59. The average Bonchev–Trinajstić information content (AvgIpc) is 3.29. The Morgan fingerprint density at radius 1 is 1.43 bits per heavy atom. The first-order chi connectivity index (χ1) is 11.2. The predicted molar refractivity (Wildman–Crippen MR) is 93.0 cm³/mol. The van der Waals surface area contributed by atoms with E-state index >= 15 is 0 Å². The van der Waals surface area contributed by atoms with Crippen LogP contribution < -0.4 is 15.4 Å². The molecule has 2 aromatic heterocycles. The molecule has 120 valence electrons. The lowest BCUT2D eigenvalue weighted by atomic mass is 10.2. The predicted octanol–water partition coefficient (Wildman–Crippen LogP) is 2.77. The van der Waals surface area contributed by atoms with E-state index in [-0.39, 0.29) is 12.0 Å². The number of hydrogen-bond donors (Lipinski definition) is 2. The van der Waals surface area contributed by atoms with Gasteiger partial charge in [0.15, 0.2) is 10.9 Å². The maximum atomic E-state index is 6.02. The van der Waals surface area contributed by atoms with Crippen LogP contribution in [0.5, 0.6) is 5.75 Å². The minimum atomic E-state index is 0.222. The van der Waals surface area contributed by atoms with E-state index in [1.165, 1.54) is 6.20 Å². The number of aromatic nitrogens is 3. The molecule has 2 heterocycles. The summed E-state index contributed by atoms with van der Waals surface area (Å²) < 4.78 is 5.63. The van der Waals surface area contributed by atoms with Crippen molar-refractivity contribution < 1.29 is 4.74 Å². The molecule has 1 aliphatic rings. The van der Waals surface area contributed by atoms with Crippen LogP contribution in [0.2, 0.25) is 5.02 Å². The normalized spacial score (nSPS) is 19.0. The van der Waals surface area contributed by atoms with E-state index in [1.807, 2.05) is 19.1 Å². The van der Waals surface area contributed by atoms with Crippen molar-refractivity contribution in [2.24, 2.45) is 0 Å². The van der Waals surface area contributed by atoms with Crippen molar-refractivity contribution in [3.8, 4) is 5.75 Å². The molecule has 3 rings (SSSR count). The number of nitrogens with one attached hydrogen (secondary N) is 2. The Morgan fingerprint density at radius 2 is 2.30 bits per heavy atom. The van der Waals surface area contributed by atoms with Crippen molar-refractivity contribution in [2.45, 2.75) is 25.3 Å². The summed E-state index contributed by atoms with van der Waals surface area (Å²) in [5, 5.41) is 14.8. The molecule has 23 heavy (non-hydrogen) atoms. The van der Waals surface area contributed by atoms with Gasteiger partial charge in [-0.25, -0.2) is 0 Å². The second-order valence-corrected chi connectivity index (χ2v) is 5.91. The zero-order valence-electron chi connectivity index (χ0n) is 12.5. The van der Waals surface area contributed by atoms with Crippen molar-refractivity contribution in [1.82, 2.24) is 20.5 Å². The summed E-state index contributed by atoms with van der Waals surface area (Å²) >= 11 is 11.3. The van der Waals surface area contributed by atoms with Crippen molar-refractivity contribution in [3.05, 3.63) is 41.3 Å². The first-order valence-electron chi connectivity index (χ1n) is 7.31. The number of hydrogen-bond acceptors (Lipinski definition) is 5. The van der Waals surface area contributed by atoms with Crippen LogP contribution in [0.4, 0.5) is 5.82 Å². The lowest BCUT2D eigenvalue weighted by molar-refractivity contribution is 0.334. The average molecular weight is 350 g/mol. The van der Waals surface area contributed by atoms with Gasteiger partial charge in [0, 0.05) is 18.2 Å². The van der Waals surface area contributed by atoms with Crippen molar-refractivity contribution in [1.29, 1.82) is 0 Å². The molecule has 0 aliphatic heterocycles. The minimum Gasteiger partial charge on any atom is -0.492 e. The molecule has 8 heteroatoms. The third-order valence-electron chi connectivity index (χ3n) is 3.46. The zero-order chi connectivity index (χ0) is 16.2. The summed E-state index contributed by atoms with van der Waals surface area (Å²) in [6, 6.07) is 5.69. The third kappa shape index (κ3) is 3.86. The second-order valence-electron chi connectivity index (χ2n) is 5.09. The highest BCUT2D eigenvalue weighted by Crippen LogP contribution is 2.43. The van der Waals surface area contributed by atoms with Crippen LogP contribution in [0.25, 0.3) is 0 Å². The first kappa shape index (κ1) is 15.9. The lowest BCUT2D eigenvalue weighted by Gasteiger charge is -2.11. The Hall–Kier alpha value is -1.99. The molecule has 2 atom stereocenters. The fraction of sp³-hybridized carbons (Fsp3) is 0.333. The van der Waals surface area contributed by atoms with Gasteiger partial charge < -0.3 is 15.4 Å². The number of rotatable bonds is 5. The van der Waals surface area contributed by atoms with Gasteiger partial charge in [-0.1, -0.05) is 11.6 Å². The molecule has 1 fully saturated rings. The molecule has 1 saturated carbocycles. The highest BCUT2D eigenvalue weighted by Gasteiger charge is 2.41. The summed E-state index contributed by atoms with van der Waals surface area (Å²) in [6.07, 6.45) is 4.26. The minimum absolute atomic E-state index is 0.222. The van der Waals surface area contributed by atoms with E-state index in [9.17, 15) is 0 Å². The molecule has 2 N–H and O–H groups in total. The van der Waals surface area contributed by atoms with E-state index in [1.54, 1.807) is 12.3 Å². The van der Waals surface area contributed by atoms with Crippen molar-refractivity contribution in [2.75, 3.05) is 11.9 Å². The largest absolute Gasteiger partial charge is 0.492 e. The smallest absolute Gasteiger partial charge is 0.173 e. The monoisotopic (exact) mass is 349 g/mol. The van der Waals surface area contributed by atoms with Gasteiger partial charge in [0.05, 0.1) is 23.5 Å². The Bertz CT molecular complexity index is 714. The fourth-order valence-corrected chi connectivity index (χ4v) is 2.72. The molecule has 2 aromatic rings. The molecule has 2 unspecified atom stereocenters. The van der Waals surface area contributed by atoms with Crippen LogP contribution in [0, 0.1) is 0 Å². The number of thiocarbonyl (C=S) groups is 1. The molecule has 0 saturated heterocycles. The maximum absolute atomic E-state index is 6.02. The van der Waals surface area contributed by atoms with Crippen molar-refractivity contribution >= 4 is 34.7 Å². The zero-order valence-corrected chi connectivity index (χ0v) is 14.1. The van der Waals surface area contributed by atoms with Crippen molar-refractivity contribution in [3.63, 3.8) is 0 Å². The summed E-state index contributed by atoms with van der Waals surface area (Å²) in [5.74, 6) is 1.56. The number of anilines is 1. The van der Waals surface area contributed by atoms with E-state index in [0.717, 1.165) is 17.9 Å². The van der Waals surface area contributed by atoms with Gasteiger partial charge in [-0.05, 0) is 43.8 Å². The molecule has 0 radical (unpaired) electrons. The maximum Gasteiger partial charge on any atom is 0.173 e. The highest BCUT2D eigenvalue weighted by molar-refractivity contribution is 7.80. The van der Waals surface area contributed by atoms with Gasteiger partial charge >= 0.3 is 0 Å². The van der Waals surface area contributed by atoms with E-state index < -0.39 is 0 Å². The van der Waals surface area contributed by atoms with Crippen LogP contribution in [0.1, 0.15) is 25.0 Å². The van der Waals surface area contributed by atoms with Crippen LogP contribution in [-0.2, 0) is 0 Å². The van der Waals surface area contributed by atoms with E-state index in [4.69, 9.17) is 28.6 Å². The number of halogens is 1. The third-order valence-corrected chi connectivity index (χ3v) is 3.99. The second kappa shape index (κ2) is 7.06. The number of nitrogens with zero attached hydrogens (tertiary/aromatic N) is 3. The molecule has 0 aromatic carbocycles. The standard InChI is InChI=1S/C15H16ClN5OS/c1-2-22-12-4-3-6-17-13(12)9-8-11(9)19-15(23)20-14-10(16)5-7-18-21-14/h3-7,9,11H,2,8H2,1H3,(H2,19,20,21,23). The van der Waals surface area contributed by atoms with Crippen LogP contribution in [-0.4, -0.2) is 32.9 Å². The quantitative estimate of drug-likeness (QED) is 0.804. The highest BCUT2D eigenvalue weighted by atomic mass is 35.5. The van der Waals surface area contributed by atoms with Gasteiger partial charge in [0.2, 0.25) is 0 Å². The van der Waals surface area contributed by atoms with Gasteiger partial charge in [0.25, 0.3) is 0 Å². The first-order valence-corrected chi connectivity index (χ1v) is 8.10. The Kier molecular flexibility index (Phi) is 4.88. The molecule has 1 aliphatic carbocycles.